The van der Waals surface area contributed by atoms with Gasteiger partial charge < -0.3 is 4.90 Å². The van der Waals surface area contributed by atoms with Crippen LogP contribution >= 0.6 is 0 Å². The van der Waals surface area contributed by atoms with E-state index in [-0.39, 0.29) is 5.91 Å². The van der Waals surface area contributed by atoms with Crippen LogP contribution in [0.15, 0.2) is 61.1 Å². The quantitative estimate of drug-likeness (QED) is 0.745. The van der Waals surface area contributed by atoms with Crippen molar-refractivity contribution >= 4 is 5.91 Å². The van der Waals surface area contributed by atoms with Crippen molar-refractivity contribution in [1.29, 1.82) is 0 Å². The van der Waals surface area contributed by atoms with Crippen LogP contribution in [0.3, 0.4) is 0 Å². The predicted molar refractivity (Wildman–Crippen MR) is 91.9 cm³/mol. The zero-order valence-electron chi connectivity index (χ0n) is 13.3. The number of likely N-dealkylation sites (tertiary alicyclic amines) is 1. The van der Waals surface area contributed by atoms with Gasteiger partial charge in [-0.25, -0.2) is 4.68 Å². The van der Waals surface area contributed by atoms with Crippen LogP contribution in [0.5, 0.6) is 0 Å². The minimum atomic E-state index is 0.0496. The zero-order chi connectivity index (χ0) is 16.4. The normalized spacial score (nSPS) is 14.1. The van der Waals surface area contributed by atoms with Gasteiger partial charge in [-0.05, 0) is 37.1 Å². The molecule has 1 amide bonds. The maximum absolute atomic E-state index is 12.9. The minimum absolute atomic E-state index is 0.0496. The van der Waals surface area contributed by atoms with Gasteiger partial charge in [0.1, 0.15) is 5.69 Å². The van der Waals surface area contributed by atoms with Crippen molar-refractivity contribution in [3.8, 4) is 16.9 Å². The van der Waals surface area contributed by atoms with Crippen molar-refractivity contribution in [2.45, 2.75) is 12.8 Å². The van der Waals surface area contributed by atoms with Gasteiger partial charge in [0.05, 0.1) is 11.3 Å². The van der Waals surface area contributed by atoms with E-state index >= 15 is 0 Å². The molecular weight excluding hydrogens is 300 g/mol. The van der Waals surface area contributed by atoms with Crippen LogP contribution in [-0.2, 0) is 0 Å². The largest absolute Gasteiger partial charge is 0.339 e. The summed E-state index contributed by atoms with van der Waals surface area (Å²) in [6, 6.07) is 13.6. The number of amides is 1. The number of para-hydroxylation sites is 1. The SMILES string of the molecule is O=C(c1cn(-c2ccccc2)nc1-c1cccnc1)N1CCCC1. The van der Waals surface area contributed by atoms with Gasteiger partial charge in [-0.1, -0.05) is 18.2 Å². The summed E-state index contributed by atoms with van der Waals surface area (Å²) in [6.07, 6.45) is 7.44. The molecule has 1 aromatic carbocycles. The Morgan fingerprint density at radius 2 is 1.79 bits per heavy atom. The molecule has 3 heterocycles. The van der Waals surface area contributed by atoms with E-state index in [0.717, 1.165) is 37.2 Å². The van der Waals surface area contributed by atoms with Crippen LogP contribution in [0, 0.1) is 0 Å². The Hall–Kier alpha value is -2.95. The molecule has 1 aliphatic rings. The molecule has 0 spiro atoms. The minimum Gasteiger partial charge on any atom is -0.339 e. The van der Waals surface area contributed by atoms with Crippen molar-refractivity contribution in [1.82, 2.24) is 19.7 Å². The Balaban J connectivity index is 1.81. The average molecular weight is 318 g/mol. The molecule has 120 valence electrons. The van der Waals surface area contributed by atoms with Crippen LogP contribution in [0.1, 0.15) is 23.2 Å². The van der Waals surface area contributed by atoms with Crippen molar-refractivity contribution in [2.24, 2.45) is 0 Å². The molecule has 3 aromatic rings. The van der Waals surface area contributed by atoms with Crippen molar-refractivity contribution in [3.63, 3.8) is 0 Å². The molecule has 0 N–H and O–H groups in total. The third-order valence-corrected chi connectivity index (χ3v) is 4.29. The molecule has 0 saturated carbocycles. The molecule has 0 unspecified atom stereocenters. The maximum Gasteiger partial charge on any atom is 0.257 e. The first-order valence-corrected chi connectivity index (χ1v) is 8.18. The molecule has 0 bridgehead atoms. The second-order valence-electron chi connectivity index (χ2n) is 5.91. The van der Waals surface area contributed by atoms with E-state index in [0.29, 0.717) is 11.3 Å². The number of pyridine rings is 1. The Labute approximate surface area is 140 Å². The Morgan fingerprint density at radius 1 is 1.00 bits per heavy atom. The molecule has 4 rings (SSSR count). The molecule has 0 aliphatic carbocycles. The lowest BCUT2D eigenvalue weighted by Crippen LogP contribution is -2.27. The molecule has 0 radical (unpaired) electrons. The first-order chi connectivity index (χ1) is 11.8. The van der Waals surface area contributed by atoms with Crippen LogP contribution in [-0.4, -0.2) is 38.7 Å². The molecule has 5 heteroatoms. The summed E-state index contributed by atoms with van der Waals surface area (Å²) in [5.41, 5.74) is 3.11. The van der Waals surface area contributed by atoms with Gasteiger partial charge in [0.2, 0.25) is 0 Å². The predicted octanol–water partition coefficient (Wildman–Crippen LogP) is 3.17. The third-order valence-electron chi connectivity index (χ3n) is 4.29. The number of hydrogen-bond acceptors (Lipinski definition) is 3. The summed E-state index contributed by atoms with van der Waals surface area (Å²) in [6.45, 7) is 1.64. The van der Waals surface area contributed by atoms with Gasteiger partial charge in [-0.2, -0.15) is 5.10 Å². The number of carbonyl (C=O) groups excluding carboxylic acids is 1. The number of rotatable bonds is 3. The Kier molecular flexibility index (Phi) is 3.83. The standard InChI is InChI=1S/C19H18N4O/c24-19(22-11-4-5-12-22)17-14-23(16-8-2-1-3-9-16)21-18(17)15-7-6-10-20-13-15/h1-3,6-10,13-14H,4-5,11-12H2. The number of hydrogen-bond donors (Lipinski definition) is 0. The van der Waals surface area contributed by atoms with E-state index in [4.69, 9.17) is 0 Å². The second kappa shape index (κ2) is 6.28. The van der Waals surface area contributed by atoms with Crippen LogP contribution in [0.2, 0.25) is 0 Å². The Morgan fingerprint density at radius 3 is 2.50 bits per heavy atom. The lowest BCUT2D eigenvalue weighted by atomic mass is 10.1. The molecule has 5 nitrogen and oxygen atoms in total. The van der Waals surface area contributed by atoms with Gasteiger partial charge in [0, 0.05) is 37.2 Å². The monoisotopic (exact) mass is 318 g/mol. The van der Waals surface area contributed by atoms with Gasteiger partial charge in [-0.3, -0.25) is 9.78 Å². The molecule has 24 heavy (non-hydrogen) atoms. The summed E-state index contributed by atoms with van der Waals surface area (Å²) in [4.78, 5) is 19.0. The van der Waals surface area contributed by atoms with Crippen LogP contribution in [0.25, 0.3) is 16.9 Å². The summed E-state index contributed by atoms with van der Waals surface area (Å²) in [5.74, 6) is 0.0496. The molecule has 2 aromatic heterocycles. The highest BCUT2D eigenvalue weighted by Crippen LogP contribution is 2.25. The fourth-order valence-corrected chi connectivity index (χ4v) is 3.05. The molecule has 1 saturated heterocycles. The fraction of sp³-hybridized carbons (Fsp3) is 0.211. The van der Waals surface area contributed by atoms with Gasteiger partial charge in [0.25, 0.3) is 5.91 Å². The number of nitrogens with zero attached hydrogens (tertiary/aromatic N) is 4. The average Bonchev–Trinajstić information content (AvgIpc) is 3.33. The molecular formula is C19H18N4O. The van der Waals surface area contributed by atoms with Crippen molar-refractivity contribution < 1.29 is 4.79 Å². The summed E-state index contributed by atoms with van der Waals surface area (Å²) in [7, 11) is 0. The number of aromatic nitrogens is 3. The van der Waals surface area contributed by atoms with Gasteiger partial charge >= 0.3 is 0 Å². The van der Waals surface area contributed by atoms with E-state index in [1.807, 2.05) is 53.6 Å². The maximum atomic E-state index is 12.9. The highest BCUT2D eigenvalue weighted by atomic mass is 16.2. The fourth-order valence-electron chi connectivity index (χ4n) is 3.05. The Bertz CT molecular complexity index is 836. The van der Waals surface area contributed by atoms with Crippen LogP contribution < -0.4 is 0 Å². The first kappa shape index (κ1) is 14.6. The highest BCUT2D eigenvalue weighted by molar-refractivity contribution is 6.00. The van der Waals surface area contributed by atoms with Crippen molar-refractivity contribution in [2.75, 3.05) is 13.1 Å². The number of benzene rings is 1. The van der Waals surface area contributed by atoms with Crippen LogP contribution in [0.4, 0.5) is 0 Å². The van der Waals surface area contributed by atoms with E-state index in [1.165, 1.54) is 0 Å². The van der Waals surface area contributed by atoms with Gasteiger partial charge in [-0.15, -0.1) is 0 Å². The second-order valence-corrected chi connectivity index (χ2v) is 5.91. The molecule has 1 aliphatic heterocycles. The topological polar surface area (TPSA) is 51.0 Å². The zero-order valence-corrected chi connectivity index (χ0v) is 13.3. The molecule has 1 fully saturated rings. The summed E-state index contributed by atoms with van der Waals surface area (Å²) < 4.78 is 1.77. The summed E-state index contributed by atoms with van der Waals surface area (Å²) >= 11 is 0. The van der Waals surface area contributed by atoms with E-state index in [9.17, 15) is 4.79 Å². The third kappa shape index (κ3) is 2.69. The first-order valence-electron chi connectivity index (χ1n) is 8.18. The highest BCUT2D eigenvalue weighted by Gasteiger charge is 2.25. The van der Waals surface area contributed by atoms with E-state index in [1.54, 1.807) is 17.1 Å². The lowest BCUT2D eigenvalue weighted by Gasteiger charge is -2.14. The van der Waals surface area contributed by atoms with E-state index in [2.05, 4.69) is 10.1 Å². The number of carbonyl (C=O) groups is 1. The van der Waals surface area contributed by atoms with Gasteiger partial charge in [0.15, 0.2) is 0 Å². The summed E-state index contributed by atoms with van der Waals surface area (Å²) in [5, 5.41) is 4.67. The molecule has 0 atom stereocenters. The van der Waals surface area contributed by atoms with E-state index < -0.39 is 0 Å². The smallest absolute Gasteiger partial charge is 0.257 e. The van der Waals surface area contributed by atoms with Crippen molar-refractivity contribution in [3.05, 3.63) is 66.6 Å². The lowest BCUT2D eigenvalue weighted by molar-refractivity contribution is 0.0793.